The Balaban J connectivity index is -0.000000684. The van der Waals surface area contributed by atoms with Crippen LogP contribution in [0.1, 0.15) is 0 Å². The van der Waals surface area contributed by atoms with E-state index in [1.165, 1.54) is 35.8 Å². The number of carbonyl (C=O) groups excluding carboxylic acids is 2. The average Bonchev–Trinajstić information content (AvgIpc) is 2.60. The SMILES string of the molecule is O=C([N-]c1ccccc1)C(=O)[N-]c1ccccc1.[CH3-].[CH3-].[Cl][Ir+2].[Cl][Ir+2]. The van der Waals surface area contributed by atoms with Gasteiger partial charge in [-0.1, -0.05) is 60.7 Å². The summed E-state index contributed by atoms with van der Waals surface area (Å²) in [7, 11) is 9.28. The molecule has 0 N–H and O–H groups in total. The Morgan fingerprint density at radius 3 is 1.12 bits per heavy atom. The van der Waals surface area contributed by atoms with Crippen molar-refractivity contribution in [3.8, 4) is 0 Å². The first-order valence-corrected chi connectivity index (χ1v) is 11.6. The van der Waals surface area contributed by atoms with E-state index in [2.05, 4.69) is 29.8 Å². The molecule has 0 aliphatic carbocycles. The number of hydrogen-bond acceptors (Lipinski definition) is 2. The molecule has 0 atom stereocenters. The van der Waals surface area contributed by atoms with Crippen LogP contribution in [0, 0.1) is 14.9 Å². The second-order valence-corrected chi connectivity index (χ2v) is 3.51. The fourth-order valence-corrected chi connectivity index (χ4v) is 1.34. The van der Waals surface area contributed by atoms with Crippen LogP contribution in [0.2, 0.25) is 0 Å². The molecule has 2 aromatic rings. The molecular formula is C16H16Cl2Ir2N2O2. The van der Waals surface area contributed by atoms with Crippen LogP contribution in [0.15, 0.2) is 60.7 Å². The molecule has 2 amide bonds. The van der Waals surface area contributed by atoms with E-state index in [0.717, 1.165) is 0 Å². The summed E-state index contributed by atoms with van der Waals surface area (Å²) in [5.74, 6) is -1.74. The van der Waals surface area contributed by atoms with Gasteiger partial charge in [0.25, 0.3) is 0 Å². The number of carbonyl (C=O) groups is 2. The summed E-state index contributed by atoms with van der Waals surface area (Å²) in [4.78, 5) is 23.0. The first-order valence-electron chi connectivity index (χ1n) is 5.63. The summed E-state index contributed by atoms with van der Waals surface area (Å²) in [6.07, 6.45) is 0. The van der Waals surface area contributed by atoms with Gasteiger partial charge in [-0.05, 0) is 0 Å². The Bertz CT molecular complexity index is 507. The molecule has 0 radical (unpaired) electrons. The number of benzene rings is 2. The van der Waals surface area contributed by atoms with Gasteiger partial charge in [-0.25, -0.2) is 0 Å². The molecule has 0 aromatic heterocycles. The van der Waals surface area contributed by atoms with Gasteiger partial charge >= 0.3 is 54.9 Å². The van der Waals surface area contributed by atoms with Crippen LogP contribution in [-0.2, 0) is 45.4 Å². The van der Waals surface area contributed by atoms with Crippen molar-refractivity contribution in [2.45, 2.75) is 0 Å². The van der Waals surface area contributed by atoms with Gasteiger partial charge in [0, 0.05) is 0 Å². The zero-order valence-corrected chi connectivity index (χ0v) is 19.2. The van der Waals surface area contributed by atoms with Gasteiger partial charge in [-0.3, -0.25) is 0 Å². The summed E-state index contributed by atoms with van der Waals surface area (Å²) in [6, 6.07) is 17.2. The summed E-state index contributed by atoms with van der Waals surface area (Å²) in [5.41, 5.74) is 0.887. The van der Waals surface area contributed by atoms with Crippen LogP contribution in [-0.4, -0.2) is 11.8 Å². The first kappa shape index (κ1) is 28.1. The molecule has 24 heavy (non-hydrogen) atoms. The quantitative estimate of drug-likeness (QED) is 0.294. The molecule has 2 aromatic carbocycles. The van der Waals surface area contributed by atoms with Crippen LogP contribution in [0.25, 0.3) is 10.6 Å². The first-order chi connectivity index (χ1) is 10.8. The van der Waals surface area contributed by atoms with Crippen molar-refractivity contribution in [1.29, 1.82) is 0 Å². The van der Waals surface area contributed by atoms with Gasteiger partial charge in [-0.2, -0.15) is 0 Å². The predicted octanol–water partition coefficient (Wildman–Crippen LogP) is 5.72. The molecule has 0 saturated carbocycles. The summed E-state index contributed by atoms with van der Waals surface area (Å²) < 4.78 is 0. The van der Waals surface area contributed by atoms with E-state index in [0.29, 0.717) is 11.4 Å². The van der Waals surface area contributed by atoms with Gasteiger partial charge in [0.2, 0.25) is 0 Å². The summed E-state index contributed by atoms with van der Waals surface area (Å²) >= 11 is 2.94. The molecule has 0 saturated heterocycles. The maximum atomic E-state index is 11.5. The molecule has 0 heterocycles. The monoisotopic (exact) mass is 724 g/mol. The van der Waals surface area contributed by atoms with Gasteiger partial charge in [-0.15, -0.1) is 11.4 Å². The molecule has 0 fully saturated rings. The molecule has 0 unspecified atom stereocenters. The van der Waals surface area contributed by atoms with Gasteiger partial charge in [0.1, 0.15) is 11.8 Å². The fraction of sp³-hybridized carbons (Fsp3) is 0. The molecule has 0 spiro atoms. The maximum absolute atomic E-state index is 11.5. The molecule has 8 heteroatoms. The van der Waals surface area contributed by atoms with Crippen molar-refractivity contribution in [2.24, 2.45) is 0 Å². The van der Waals surface area contributed by atoms with E-state index >= 15 is 0 Å². The molecule has 0 aliphatic heterocycles. The second-order valence-electron chi connectivity index (χ2n) is 3.51. The number of halogens is 2. The minimum absolute atomic E-state index is 0. The number of amides is 2. The third-order valence-electron chi connectivity index (χ3n) is 2.16. The number of hydrogen-bond donors (Lipinski definition) is 0. The minimum atomic E-state index is -0.870. The normalized spacial score (nSPS) is 7.67. The van der Waals surface area contributed by atoms with Crippen molar-refractivity contribution in [3.05, 3.63) is 86.2 Å². The van der Waals surface area contributed by atoms with E-state index in [1.54, 1.807) is 60.7 Å². The molecule has 0 bridgehead atoms. The zero-order chi connectivity index (χ0) is 16.8. The van der Waals surface area contributed by atoms with Gasteiger partial charge in [0.15, 0.2) is 0 Å². The van der Waals surface area contributed by atoms with Crippen LogP contribution >= 0.6 is 19.2 Å². The van der Waals surface area contributed by atoms with E-state index in [-0.39, 0.29) is 14.9 Å². The second kappa shape index (κ2) is 18.6. The summed E-state index contributed by atoms with van der Waals surface area (Å²) in [5, 5.41) is 7.35. The van der Waals surface area contributed by atoms with Crippen LogP contribution in [0.5, 0.6) is 0 Å². The number of para-hydroxylation sites is 2. The molecule has 4 nitrogen and oxygen atoms in total. The Morgan fingerprint density at radius 2 is 0.875 bits per heavy atom. The zero-order valence-electron chi connectivity index (χ0n) is 12.9. The number of rotatable bonds is 2. The van der Waals surface area contributed by atoms with Crippen molar-refractivity contribution < 1.29 is 45.4 Å². The van der Waals surface area contributed by atoms with E-state index in [1.807, 2.05) is 0 Å². The van der Waals surface area contributed by atoms with E-state index < -0.39 is 11.8 Å². The van der Waals surface area contributed by atoms with Crippen molar-refractivity contribution in [3.63, 3.8) is 0 Å². The van der Waals surface area contributed by atoms with E-state index in [4.69, 9.17) is 0 Å². The molecular weight excluding hydrogens is 708 g/mol. The average molecular weight is 724 g/mol. The fourth-order valence-electron chi connectivity index (χ4n) is 1.34. The third kappa shape index (κ3) is 11.7. The Hall–Kier alpha value is -0.741. The van der Waals surface area contributed by atoms with Gasteiger partial charge < -0.3 is 35.1 Å². The number of nitrogens with zero attached hydrogens (tertiary/aromatic N) is 2. The Morgan fingerprint density at radius 1 is 0.625 bits per heavy atom. The third-order valence-corrected chi connectivity index (χ3v) is 2.16. The molecule has 2 rings (SSSR count). The van der Waals surface area contributed by atoms with Crippen LogP contribution in [0.4, 0.5) is 11.4 Å². The Labute approximate surface area is 173 Å². The summed E-state index contributed by atoms with van der Waals surface area (Å²) in [6.45, 7) is 0. The van der Waals surface area contributed by atoms with Crippen molar-refractivity contribution in [1.82, 2.24) is 0 Å². The van der Waals surface area contributed by atoms with Crippen molar-refractivity contribution >= 4 is 42.4 Å². The topological polar surface area (TPSA) is 62.3 Å². The predicted molar refractivity (Wildman–Crippen MR) is 93.5 cm³/mol. The van der Waals surface area contributed by atoms with Crippen LogP contribution in [0.3, 0.4) is 0 Å². The molecule has 0 aliphatic rings. The van der Waals surface area contributed by atoms with Crippen molar-refractivity contribution in [2.75, 3.05) is 0 Å². The standard InChI is InChI=1S/C14H12N2O2.2CH3.2ClH.2Ir/c17-13(15-11-7-3-1-4-8-11)14(18)16-12-9-5-2-6-10-12;;;;;;/h1-10H,(H2,15,16,17,18);2*1H3;2*1H;;/q;2*-1;;;2*+3/p-4. The molecule has 134 valence electrons. The Kier molecular flexibility index (Phi) is 21.8. The van der Waals surface area contributed by atoms with Gasteiger partial charge in [0.05, 0.1) is 0 Å². The van der Waals surface area contributed by atoms with E-state index in [9.17, 15) is 9.59 Å². The van der Waals surface area contributed by atoms with Crippen LogP contribution < -0.4 is 0 Å².